The van der Waals surface area contributed by atoms with Crippen LogP contribution < -0.4 is 4.72 Å². The van der Waals surface area contributed by atoms with E-state index >= 15 is 0 Å². The smallest absolute Gasteiger partial charge is 0.258 e. The monoisotopic (exact) mass is 189 g/mol. The van der Waals surface area contributed by atoms with Crippen molar-refractivity contribution in [3.05, 3.63) is 12.2 Å². The molecular formula is C7H11NO3S. The van der Waals surface area contributed by atoms with Gasteiger partial charge in [0.05, 0.1) is 6.61 Å². The summed E-state index contributed by atoms with van der Waals surface area (Å²) < 4.78 is 29.0. The Morgan fingerprint density at radius 2 is 2.33 bits per heavy atom. The molecule has 4 nitrogen and oxygen atoms in total. The van der Waals surface area contributed by atoms with Crippen molar-refractivity contribution in [2.24, 2.45) is 5.92 Å². The van der Waals surface area contributed by atoms with Crippen LogP contribution in [0.5, 0.6) is 0 Å². The lowest BCUT2D eigenvalue weighted by atomic mass is 9.91. The molecule has 1 aliphatic heterocycles. The summed E-state index contributed by atoms with van der Waals surface area (Å²) in [5, 5.41) is 0. The lowest BCUT2D eigenvalue weighted by molar-refractivity contribution is 0.190. The lowest BCUT2D eigenvalue weighted by Crippen LogP contribution is -2.47. The molecule has 1 heterocycles. The summed E-state index contributed by atoms with van der Waals surface area (Å²) in [6.45, 7) is 0.324. The van der Waals surface area contributed by atoms with Crippen LogP contribution in [0.4, 0.5) is 0 Å². The van der Waals surface area contributed by atoms with Gasteiger partial charge in [-0.1, -0.05) is 12.2 Å². The molecule has 1 saturated heterocycles. The first-order chi connectivity index (χ1) is 5.67. The van der Waals surface area contributed by atoms with Gasteiger partial charge in [-0.15, -0.1) is 0 Å². The highest BCUT2D eigenvalue weighted by atomic mass is 32.2. The van der Waals surface area contributed by atoms with Gasteiger partial charge in [-0.05, 0) is 12.8 Å². The van der Waals surface area contributed by atoms with Crippen molar-refractivity contribution in [1.82, 2.24) is 4.72 Å². The van der Waals surface area contributed by atoms with E-state index in [1.54, 1.807) is 0 Å². The molecule has 68 valence electrons. The first kappa shape index (κ1) is 8.22. The summed E-state index contributed by atoms with van der Waals surface area (Å²) in [7, 11) is -3.45. The van der Waals surface area contributed by atoms with Crippen LogP contribution in [0.3, 0.4) is 0 Å². The quantitative estimate of drug-likeness (QED) is 0.553. The Bertz CT molecular complexity index is 296. The first-order valence-corrected chi connectivity index (χ1v) is 5.41. The molecule has 0 radical (unpaired) electrons. The predicted octanol–water partition coefficient (Wildman–Crippen LogP) is 0.186. The van der Waals surface area contributed by atoms with Crippen molar-refractivity contribution in [2.75, 3.05) is 6.61 Å². The fourth-order valence-electron chi connectivity index (χ4n) is 1.59. The van der Waals surface area contributed by atoms with E-state index < -0.39 is 10.3 Å². The standard InChI is InChI=1S/C7H11NO3S/c9-12(10)8-7-4-2-1-3-6(7)5-11-12/h2,4,6-8H,1,3,5H2/t6-,7+/m0/s1. The van der Waals surface area contributed by atoms with Gasteiger partial charge in [0.1, 0.15) is 0 Å². The third-order valence-corrected chi connectivity index (χ3v) is 3.28. The van der Waals surface area contributed by atoms with Crippen LogP contribution in [0.15, 0.2) is 12.2 Å². The van der Waals surface area contributed by atoms with E-state index in [-0.39, 0.29) is 6.04 Å². The fraction of sp³-hybridized carbons (Fsp3) is 0.714. The van der Waals surface area contributed by atoms with Crippen molar-refractivity contribution in [3.63, 3.8) is 0 Å². The van der Waals surface area contributed by atoms with Crippen LogP contribution in [0.1, 0.15) is 12.8 Å². The number of hydrogen-bond donors (Lipinski definition) is 1. The van der Waals surface area contributed by atoms with Crippen molar-refractivity contribution >= 4 is 10.3 Å². The normalized spacial score (nSPS) is 39.0. The molecule has 2 rings (SSSR count). The Balaban J connectivity index is 2.18. The topological polar surface area (TPSA) is 55.4 Å². The SMILES string of the molecule is O=S1(=O)N[C@@H]2C=CCC[C@H]2CO1. The van der Waals surface area contributed by atoms with Gasteiger partial charge in [0.25, 0.3) is 0 Å². The molecule has 1 aliphatic carbocycles. The van der Waals surface area contributed by atoms with Crippen LogP contribution >= 0.6 is 0 Å². The van der Waals surface area contributed by atoms with Crippen LogP contribution in [-0.4, -0.2) is 21.1 Å². The third kappa shape index (κ3) is 1.53. The van der Waals surface area contributed by atoms with E-state index in [0.717, 1.165) is 12.8 Å². The molecule has 0 aromatic rings. The second kappa shape index (κ2) is 2.83. The zero-order valence-corrected chi connectivity index (χ0v) is 7.38. The molecule has 0 bridgehead atoms. The minimum absolute atomic E-state index is 0.0440. The average Bonchev–Trinajstić information content (AvgIpc) is 2.02. The predicted molar refractivity (Wildman–Crippen MR) is 43.7 cm³/mol. The van der Waals surface area contributed by atoms with E-state index in [1.165, 1.54) is 0 Å². The Labute approximate surface area is 71.9 Å². The highest BCUT2D eigenvalue weighted by molar-refractivity contribution is 7.84. The minimum Gasteiger partial charge on any atom is -0.258 e. The molecule has 5 heteroatoms. The molecule has 1 N–H and O–H groups in total. The molecule has 0 unspecified atom stereocenters. The molecule has 12 heavy (non-hydrogen) atoms. The van der Waals surface area contributed by atoms with Crippen LogP contribution in [0.25, 0.3) is 0 Å². The number of hydrogen-bond acceptors (Lipinski definition) is 3. The zero-order chi connectivity index (χ0) is 8.60. The molecule has 0 amide bonds. The van der Waals surface area contributed by atoms with E-state index in [4.69, 9.17) is 0 Å². The second-order valence-electron chi connectivity index (χ2n) is 3.15. The van der Waals surface area contributed by atoms with Crippen molar-refractivity contribution < 1.29 is 12.6 Å². The number of nitrogens with one attached hydrogen (secondary N) is 1. The molecular weight excluding hydrogens is 178 g/mol. The highest BCUT2D eigenvalue weighted by Crippen LogP contribution is 2.23. The Morgan fingerprint density at radius 3 is 3.17 bits per heavy atom. The van der Waals surface area contributed by atoms with E-state index in [9.17, 15) is 8.42 Å². The Kier molecular flexibility index (Phi) is 1.94. The number of allylic oxidation sites excluding steroid dienone is 1. The molecule has 0 saturated carbocycles. The zero-order valence-electron chi connectivity index (χ0n) is 6.56. The van der Waals surface area contributed by atoms with Gasteiger partial charge in [0.2, 0.25) is 0 Å². The summed E-state index contributed by atoms with van der Waals surface area (Å²) in [6.07, 6.45) is 5.94. The van der Waals surface area contributed by atoms with E-state index in [1.807, 2.05) is 12.2 Å². The molecule has 0 aromatic carbocycles. The maximum atomic E-state index is 10.9. The van der Waals surface area contributed by atoms with Crippen molar-refractivity contribution in [2.45, 2.75) is 18.9 Å². The molecule has 1 fully saturated rings. The average molecular weight is 189 g/mol. The van der Waals surface area contributed by atoms with E-state index in [0.29, 0.717) is 12.5 Å². The summed E-state index contributed by atoms with van der Waals surface area (Å²) in [5.41, 5.74) is 0. The summed E-state index contributed by atoms with van der Waals surface area (Å²) in [6, 6.07) is -0.0440. The van der Waals surface area contributed by atoms with Crippen molar-refractivity contribution in [3.8, 4) is 0 Å². The Morgan fingerprint density at radius 1 is 1.50 bits per heavy atom. The van der Waals surface area contributed by atoms with Crippen molar-refractivity contribution in [1.29, 1.82) is 0 Å². The van der Waals surface area contributed by atoms with Crippen LogP contribution in [0, 0.1) is 5.92 Å². The first-order valence-electron chi connectivity index (χ1n) is 4.01. The summed E-state index contributed by atoms with van der Waals surface area (Å²) in [4.78, 5) is 0. The van der Waals surface area contributed by atoms with Gasteiger partial charge in [-0.2, -0.15) is 13.1 Å². The lowest BCUT2D eigenvalue weighted by Gasteiger charge is -2.31. The highest BCUT2D eigenvalue weighted by Gasteiger charge is 2.32. The number of fused-ring (bicyclic) bond motifs is 1. The van der Waals surface area contributed by atoms with Crippen LogP contribution in [-0.2, 0) is 14.5 Å². The maximum absolute atomic E-state index is 10.9. The van der Waals surface area contributed by atoms with Gasteiger partial charge < -0.3 is 0 Å². The number of rotatable bonds is 0. The van der Waals surface area contributed by atoms with Gasteiger partial charge >= 0.3 is 10.3 Å². The van der Waals surface area contributed by atoms with E-state index in [2.05, 4.69) is 8.91 Å². The largest absolute Gasteiger partial charge is 0.336 e. The van der Waals surface area contributed by atoms with Gasteiger partial charge in [-0.25, -0.2) is 0 Å². The summed E-state index contributed by atoms with van der Waals surface area (Å²) >= 11 is 0. The molecule has 2 aliphatic rings. The Hall–Kier alpha value is -0.390. The molecule has 0 spiro atoms. The maximum Gasteiger partial charge on any atom is 0.336 e. The fourth-order valence-corrected chi connectivity index (χ4v) is 2.62. The summed E-state index contributed by atoms with van der Waals surface area (Å²) in [5.74, 6) is 0.318. The van der Waals surface area contributed by atoms with Gasteiger partial charge in [-0.3, -0.25) is 4.18 Å². The van der Waals surface area contributed by atoms with Gasteiger partial charge in [0, 0.05) is 12.0 Å². The second-order valence-corrected chi connectivity index (χ2v) is 4.53. The third-order valence-electron chi connectivity index (χ3n) is 2.27. The molecule has 0 aromatic heterocycles. The van der Waals surface area contributed by atoms with Crippen LogP contribution in [0.2, 0.25) is 0 Å². The minimum atomic E-state index is -3.45. The molecule has 2 atom stereocenters. The van der Waals surface area contributed by atoms with Gasteiger partial charge in [0.15, 0.2) is 0 Å².